The van der Waals surface area contributed by atoms with Crippen LogP contribution in [0.15, 0.2) is 47.9 Å². The van der Waals surface area contributed by atoms with Crippen molar-refractivity contribution in [1.29, 1.82) is 0 Å². The van der Waals surface area contributed by atoms with Crippen LogP contribution in [0.2, 0.25) is 0 Å². The van der Waals surface area contributed by atoms with Gasteiger partial charge in [-0.1, -0.05) is 6.92 Å². The first-order chi connectivity index (χ1) is 14.8. The fraction of sp³-hybridized carbons (Fsp3) is 0.300. The molecule has 2 N–H and O–H groups in total. The molecular weight excluding hydrogens is 429 g/mol. The number of thioether (sulfide) groups is 1. The van der Waals surface area contributed by atoms with Gasteiger partial charge in [0.15, 0.2) is 0 Å². The third-order valence-electron chi connectivity index (χ3n) is 4.86. The molecule has 1 saturated heterocycles. The van der Waals surface area contributed by atoms with Crippen LogP contribution in [-0.4, -0.2) is 44.7 Å². The highest BCUT2D eigenvalue weighted by Crippen LogP contribution is 2.36. The second kappa shape index (κ2) is 8.58. The quantitative estimate of drug-likeness (QED) is 0.556. The maximum Gasteiger partial charge on any atom is 0.447 e. The van der Waals surface area contributed by atoms with Crippen molar-refractivity contribution >= 4 is 29.2 Å². The topological polar surface area (TPSA) is 86.8 Å². The summed E-state index contributed by atoms with van der Waals surface area (Å²) in [6.07, 6.45) is 5.39. The zero-order valence-electron chi connectivity index (χ0n) is 16.5. The summed E-state index contributed by atoms with van der Waals surface area (Å²) >= 11 is -0.309. The number of amides is 1. The molecule has 31 heavy (non-hydrogen) atoms. The Bertz CT molecular complexity index is 1060. The summed E-state index contributed by atoms with van der Waals surface area (Å²) in [5.41, 5.74) is -2.31. The number of hydrogen-bond acceptors (Lipinski definition) is 6. The third-order valence-corrected chi connectivity index (χ3v) is 5.54. The van der Waals surface area contributed by atoms with Crippen LogP contribution in [0.5, 0.6) is 0 Å². The minimum atomic E-state index is -4.42. The van der Waals surface area contributed by atoms with Crippen molar-refractivity contribution in [3.05, 3.63) is 48.4 Å². The lowest BCUT2D eigenvalue weighted by atomic mass is 10.1. The predicted molar refractivity (Wildman–Crippen MR) is 112 cm³/mol. The largest absolute Gasteiger partial charge is 0.447 e. The molecule has 0 bridgehead atoms. The van der Waals surface area contributed by atoms with Gasteiger partial charge < -0.3 is 10.2 Å². The van der Waals surface area contributed by atoms with Crippen LogP contribution in [0.25, 0.3) is 11.3 Å². The molecule has 4 heterocycles. The number of rotatable bonds is 5. The highest BCUT2D eigenvalue weighted by Gasteiger charge is 2.30. The summed E-state index contributed by atoms with van der Waals surface area (Å²) in [5.74, 6) is 0.901. The van der Waals surface area contributed by atoms with Crippen LogP contribution in [0, 0.1) is 5.92 Å². The molecular formula is C20H19F3N6OS. The summed E-state index contributed by atoms with van der Waals surface area (Å²) in [6.45, 7) is 3.95. The van der Waals surface area contributed by atoms with E-state index in [1.807, 2.05) is 6.07 Å². The lowest BCUT2D eigenvalue weighted by Gasteiger charge is -2.20. The van der Waals surface area contributed by atoms with Crippen LogP contribution in [0.4, 0.5) is 24.7 Å². The first-order valence-corrected chi connectivity index (χ1v) is 10.4. The van der Waals surface area contributed by atoms with Gasteiger partial charge in [-0.3, -0.25) is 9.89 Å². The smallest absolute Gasteiger partial charge is 0.356 e. The molecule has 3 aromatic heterocycles. The molecule has 0 unspecified atom stereocenters. The number of pyridine rings is 2. The van der Waals surface area contributed by atoms with Crippen molar-refractivity contribution in [3.63, 3.8) is 0 Å². The van der Waals surface area contributed by atoms with E-state index in [-0.39, 0.29) is 22.5 Å². The Morgan fingerprint density at radius 3 is 2.71 bits per heavy atom. The predicted octanol–water partition coefficient (Wildman–Crippen LogP) is 4.58. The fourth-order valence-corrected chi connectivity index (χ4v) is 3.88. The SMILES string of the molecule is C[C@@H]1CCN(c2ncc(C(=O)Nc3ccc(SC(F)(F)F)nc3)cc2-c2ccn[nH]2)C1. The minimum absolute atomic E-state index is 0.196. The molecule has 1 atom stereocenters. The maximum absolute atomic E-state index is 12.7. The van der Waals surface area contributed by atoms with E-state index in [2.05, 4.69) is 37.3 Å². The molecule has 11 heteroatoms. The number of alkyl halides is 3. The standard InChI is InChI=1S/C20H19F3N6OS/c1-12-5-7-29(11-12)18-15(16-4-6-26-28-16)8-13(9-25-18)19(30)27-14-2-3-17(24-10-14)31-20(21,22)23/h2-4,6,8-10,12H,5,7,11H2,1H3,(H,26,28)(H,27,30)/t12-/m1/s1. The third kappa shape index (κ3) is 5.16. The molecule has 3 aromatic rings. The first kappa shape index (κ1) is 21.2. The fourth-order valence-electron chi connectivity index (χ4n) is 3.40. The van der Waals surface area contributed by atoms with Gasteiger partial charge in [-0.2, -0.15) is 18.3 Å². The molecule has 1 aliphatic rings. The van der Waals surface area contributed by atoms with Gasteiger partial charge in [0.25, 0.3) is 5.91 Å². The lowest BCUT2D eigenvalue weighted by molar-refractivity contribution is -0.0329. The van der Waals surface area contributed by atoms with Crippen molar-refractivity contribution in [3.8, 4) is 11.3 Å². The van der Waals surface area contributed by atoms with E-state index >= 15 is 0 Å². The molecule has 7 nitrogen and oxygen atoms in total. The van der Waals surface area contributed by atoms with Gasteiger partial charge in [0.1, 0.15) is 10.8 Å². The molecule has 4 rings (SSSR count). The Kier molecular flexibility index (Phi) is 5.86. The monoisotopic (exact) mass is 448 g/mol. The summed E-state index contributed by atoms with van der Waals surface area (Å²) in [4.78, 5) is 23.2. The Labute approximate surface area is 180 Å². The van der Waals surface area contributed by atoms with Gasteiger partial charge in [-0.05, 0) is 36.6 Å². The van der Waals surface area contributed by atoms with E-state index < -0.39 is 11.4 Å². The summed E-state index contributed by atoms with van der Waals surface area (Å²) in [5, 5.41) is 9.36. The Balaban J connectivity index is 1.55. The lowest BCUT2D eigenvalue weighted by Crippen LogP contribution is -2.22. The summed E-state index contributed by atoms with van der Waals surface area (Å²) < 4.78 is 37.3. The van der Waals surface area contributed by atoms with Gasteiger partial charge in [0.2, 0.25) is 0 Å². The van der Waals surface area contributed by atoms with Gasteiger partial charge in [0.05, 0.1) is 23.1 Å². The van der Waals surface area contributed by atoms with E-state index in [4.69, 9.17) is 0 Å². The van der Waals surface area contributed by atoms with Gasteiger partial charge in [0, 0.05) is 42.8 Å². The zero-order valence-corrected chi connectivity index (χ0v) is 17.3. The van der Waals surface area contributed by atoms with Crippen molar-refractivity contribution < 1.29 is 18.0 Å². The number of aromatic amines is 1. The second-order valence-electron chi connectivity index (χ2n) is 7.29. The maximum atomic E-state index is 12.7. The van der Waals surface area contributed by atoms with Gasteiger partial charge in [-0.25, -0.2) is 9.97 Å². The number of halogens is 3. The first-order valence-electron chi connectivity index (χ1n) is 9.56. The molecule has 0 spiro atoms. The van der Waals surface area contributed by atoms with E-state index in [1.165, 1.54) is 24.5 Å². The normalized spacial score (nSPS) is 16.5. The molecule has 0 saturated carbocycles. The number of H-pyrrole nitrogens is 1. The number of carbonyl (C=O) groups excluding carboxylic acids is 1. The molecule has 0 aliphatic carbocycles. The second-order valence-corrected chi connectivity index (χ2v) is 8.38. The molecule has 162 valence electrons. The number of nitrogens with one attached hydrogen (secondary N) is 2. The minimum Gasteiger partial charge on any atom is -0.356 e. The molecule has 0 aromatic carbocycles. The summed E-state index contributed by atoms with van der Waals surface area (Å²) in [7, 11) is 0. The highest BCUT2D eigenvalue weighted by molar-refractivity contribution is 8.00. The van der Waals surface area contributed by atoms with Crippen LogP contribution in [0.1, 0.15) is 23.7 Å². The Morgan fingerprint density at radius 2 is 2.10 bits per heavy atom. The van der Waals surface area contributed by atoms with Crippen molar-refractivity contribution in [2.75, 3.05) is 23.3 Å². The summed E-state index contributed by atoms with van der Waals surface area (Å²) in [6, 6.07) is 6.13. The zero-order chi connectivity index (χ0) is 22.0. The number of hydrogen-bond donors (Lipinski definition) is 2. The average molecular weight is 448 g/mol. The van der Waals surface area contributed by atoms with E-state index in [1.54, 1.807) is 12.3 Å². The highest BCUT2D eigenvalue weighted by atomic mass is 32.2. The molecule has 1 amide bonds. The number of nitrogens with zero attached hydrogens (tertiary/aromatic N) is 4. The number of anilines is 2. The van der Waals surface area contributed by atoms with Crippen LogP contribution >= 0.6 is 11.8 Å². The van der Waals surface area contributed by atoms with Crippen LogP contribution in [-0.2, 0) is 0 Å². The van der Waals surface area contributed by atoms with Crippen molar-refractivity contribution in [1.82, 2.24) is 20.2 Å². The number of carbonyl (C=O) groups is 1. The molecule has 0 radical (unpaired) electrons. The van der Waals surface area contributed by atoms with E-state index in [9.17, 15) is 18.0 Å². The van der Waals surface area contributed by atoms with Crippen LogP contribution in [0.3, 0.4) is 0 Å². The average Bonchev–Trinajstić information content (AvgIpc) is 3.40. The Morgan fingerprint density at radius 1 is 1.26 bits per heavy atom. The molecule has 1 aliphatic heterocycles. The van der Waals surface area contributed by atoms with E-state index in [0.717, 1.165) is 36.6 Å². The Hall–Kier alpha value is -3.08. The van der Waals surface area contributed by atoms with Crippen LogP contribution < -0.4 is 10.2 Å². The number of aromatic nitrogens is 4. The van der Waals surface area contributed by atoms with E-state index in [0.29, 0.717) is 11.5 Å². The van der Waals surface area contributed by atoms with Crippen molar-refractivity contribution in [2.45, 2.75) is 23.9 Å². The molecule has 1 fully saturated rings. The van der Waals surface area contributed by atoms with Gasteiger partial charge in [-0.15, -0.1) is 0 Å². The van der Waals surface area contributed by atoms with Gasteiger partial charge >= 0.3 is 5.51 Å². The van der Waals surface area contributed by atoms with Crippen molar-refractivity contribution in [2.24, 2.45) is 5.92 Å².